The van der Waals surface area contributed by atoms with Crippen molar-refractivity contribution in [3.05, 3.63) is 65.2 Å². The fraction of sp³-hybridized carbons (Fsp3) is 0.190. The zero-order chi connectivity index (χ0) is 22.4. The second-order valence-corrected chi connectivity index (χ2v) is 8.03. The van der Waals surface area contributed by atoms with Gasteiger partial charge in [0.15, 0.2) is 5.13 Å². The first-order chi connectivity index (χ1) is 14.9. The number of ether oxygens (including phenoxy) is 2. The van der Waals surface area contributed by atoms with Crippen LogP contribution in [0, 0.1) is 0 Å². The van der Waals surface area contributed by atoms with E-state index in [0.717, 1.165) is 0 Å². The number of thioether (sulfide) groups is 1. The molecule has 0 aliphatic heterocycles. The number of aromatic nitrogens is 1. The Labute approximate surface area is 185 Å². The highest BCUT2D eigenvalue weighted by atomic mass is 32.2. The molecule has 3 aromatic rings. The lowest BCUT2D eigenvalue weighted by Crippen LogP contribution is -2.23. The summed E-state index contributed by atoms with van der Waals surface area (Å²) in [5.41, 5.74) is 1.27. The summed E-state index contributed by atoms with van der Waals surface area (Å²) >= 11 is 1.63. The predicted molar refractivity (Wildman–Crippen MR) is 115 cm³/mol. The normalized spacial score (nSPS) is 10.7. The highest BCUT2D eigenvalue weighted by molar-refractivity contribution is 7.99. The molecule has 0 unspecified atom stereocenters. The van der Waals surface area contributed by atoms with E-state index in [2.05, 4.69) is 4.98 Å². The molecule has 0 aliphatic rings. The van der Waals surface area contributed by atoms with Crippen LogP contribution in [0.3, 0.4) is 0 Å². The number of hydrogen-bond acceptors (Lipinski definition) is 7. The van der Waals surface area contributed by atoms with Crippen molar-refractivity contribution in [3.63, 3.8) is 0 Å². The number of alkyl halides is 2. The number of esters is 1. The Balaban J connectivity index is 1.69. The van der Waals surface area contributed by atoms with E-state index < -0.39 is 11.7 Å². The van der Waals surface area contributed by atoms with Crippen molar-refractivity contribution >= 4 is 45.8 Å². The van der Waals surface area contributed by atoms with Crippen LogP contribution < -0.4 is 9.64 Å². The molecule has 0 fully saturated rings. The number of anilines is 2. The molecule has 31 heavy (non-hydrogen) atoms. The molecule has 3 rings (SSSR count). The molecule has 0 N–H and O–H groups in total. The summed E-state index contributed by atoms with van der Waals surface area (Å²) in [4.78, 5) is 30.7. The predicted octanol–water partition coefficient (Wildman–Crippen LogP) is 5.51. The Bertz CT molecular complexity index is 1060. The van der Waals surface area contributed by atoms with E-state index >= 15 is 0 Å². The van der Waals surface area contributed by atoms with Gasteiger partial charge in [-0.1, -0.05) is 23.9 Å². The highest BCUT2D eigenvalue weighted by Gasteiger charge is 2.21. The molecular formula is C21H18F2N2O4S2. The Kier molecular flexibility index (Phi) is 7.59. The van der Waals surface area contributed by atoms with E-state index in [9.17, 15) is 18.4 Å². The monoisotopic (exact) mass is 464 g/mol. The van der Waals surface area contributed by atoms with Gasteiger partial charge >= 0.3 is 5.97 Å². The summed E-state index contributed by atoms with van der Waals surface area (Å²) in [5.74, 6) is -2.85. The highest BCUT2D eigenvalue weighted by Crippen LogP contribution is 2.35. The molecule has 1 amide bonds. The first-order valence-corrected chi connectivity index (χ1v) is 10.7. The zero-order valence-corrected chi connectivity index (χ0v) is 18.2. The topological polar surface area (TPSA) is 68.7 Å². The van der Waals surface area contributed by atoms with Crippen LogP contribution in [0.25, 0.3) is 0 Å². The fourth-order valence-electron chi connectivity index (χ4n) is 2.68. The summed E-state index contributed by atoms with van der Waals surface area (Å²) in [7, 11) is 1.52. The van der Waals surface area contributed by atoms with Crippen LogP contribution in [0.2, 0.25) is 0 Å². The van der Waals surface area contributed by atoms with Crippen LogP contribution in [-0.2, 0) is 16.1 Å². The number of carbonyl (C=O) groups excluding carboxylic acids is 2. The molecule has 0 radical (unpaired) electrons. The molecule has 0 atom stereocenters. The Morgan fingerprint density at radius 1 is 1.16 bits per heavy atom. The van der Waals surface area contributed by atoms with E-state index in [0.29, 0.717) is 38.9 Å². The van der Waals surface area contributed by atoms with Gasteiger partial charge in [0.05, 0.1) is 24.1 Å². The number of amides is 1. The molecular weight excluding hydrogens is 446 g/mol. The van der Waals surface area contributed by atoms with E-state index in [1.165, 1.54) is 54.5 Å². The van der Waals surface area contributed by atoms with E-state index in [4.69, 9.17) is 9.47 Å². The molecule has 0 saturated carbocycles. The van der Waals surface area contributed by atoms with Crippen molar-refractivity contribution in [2.24, 2.45) is 0 Å². The Morgan fingerprint density at radius 3 is 2.52 bits per heavy atom. The summed E-state index contributed by atoms with van der Waals surface area (Å²) in [6.07, 6.45) is 0. The van der Waals surface area contributed by atoms with Crippen molar-refractivity contribution < 1.29 is 27.8 Å². The number of benzene rings is 2. The number of halogens is 2. The largest absolute Gasteiger partial charge is 0.495 e. The Hall–Kier alpha value is -2.98. The van der Waals surface area contributed by atoms with E-state index in [1.807, 2.05) is 0 Å². The van der Waals surface area contributed by atoms with Gasteiger partial charge in [-0.2, -0.15) is 8.78 Å². The number of rotatable bonds is 8. The van der Waals surface area contributed by atoms with Gasteiger partial charge in [-0.3, -0.25) is 9.69 Å². The van der Waals surface area contributed by atoms with Crippen molar-refractivity contribution in [1.82, 2.24) is 4.98 Å². The van der Waals surface area contributed by atoms with Crippen LogP contribution in [0.15, 0.2) is 58.8 Å². The number of carbonyl (C=O) groups is 2. The fourth-order valence-corrected chi connectivity index (χ4v) is 4.05. The maximum absolute atomic E-state index is 12.4. The SMILES string of the molecule is COc1ccccc1N(C(C)=O)c1nc(COC(=O)c2ccc(SC(F)F)cc2)cs1. The first kappa shape index (κ1) is 22.7. The third-order valence-corrected chi connectivity index (χ3v) is 5.64. The van der Waals surface area contributed by atoms with Crippen molar-refractivity contribution in [2.45, 2.75) is 24.2 Å². The van der Waals surface area contributed by atoms with Gasteiger partial charge < -0.3 is 9.47 Å². The second-order valence-electron chi connectivity index (χ2n) is 6.13. The summed E-state index contributed by atoms with van der Waals surface area (Å²) in [5, 5.41) is 2.10. The molecule has 0 saturated heterocycles. The van der Waals surface area contributed by atoms with Gasteiger partial charge in [-0.05, 0) is 36.4 Å². The van der Waals surface area contributed by atoms with E-state index in [1.54, 1.807) is 29.6 Å². The first-order valence-electron chi connectivity index (χ1n) is 8.99. The standard InChI is InChI=1S/C21H18F2N2O4S2/c1-13(26)25(17-5-3-4-6-18(17)28-2)21-24-15(12-30-21)11-29-19(27)14-7-9-16(10-8-14)31-20(22)23/h3-10,12,20H,11H2,1-2H3. The average Bonchev–Trinajstić information content (AvgIpc) is 3.20. The summed E-state index contributed by atoms with van der Waals surface area (Å²) in [6.45, 7) is 1.32. The maximum atomic E-state index is 12.4. The minimum atomic E-state index is -2.53. The smallest absolute Gasteiger partial charge is 0.338 e. The van der Waals surface area contributed by atoms with Crippen molar-refractivity contribution in [1.29, 1.82) is 0 Å². The molecule has 10 heteroatoms. The summed E-state index contributed by atoms with van der Waals surface area (Å²) in [6, 6.07) is 12.8. The maximum Gasteiger partial charge on any atom is 0.338 e. The quantitative estimate of drug-likeness (QED) is 0.324. The van der Waals surface area contributed by atoms with Crippen LogP contribution in [0.5, 0.6) is 5.75 Å². The minimum absolute atomic E-state index is 0.0967. The van der Waals surface area contributed by atoms with Crippen molar-refractivity contribution in [3.8, 4) is 5.75 Å². The van der Waals surface area contributed by atoms with Gasteiger partial charge in [0, 0.05) is 17.2 Å². The van der Waals surface area contributed by atoms with Crippen LogP contribution >= 0.6 is 23.1 Å². The molecule has 0 bridgehead atoms. The van der Waals surface area contributed by atoms with Crippen molar-refractivity contribution in [2.75, 3.05) is 12.0 Å². The number of nitrogens with zero attached hydrogens (tertiary/aromatic N) is 2. The van der Waals surface area contributed by atoms with Crippen LogP contribution in [0.4, 0.5) is 19.6 Å². The van der Waals surface area contributed by atoms with E-state index in [-0.39, 0.29) is 18.1 Å². The van der Waals surface area contributed by atoms with Gasteiger partial charge in [0.25, 0.3) is 5.76 Å². The second kappa shape index (κ2) is 10.4. The molecule has 0 spiro atoms. The lowest BCUT2D eigenvalue weighted by molar-refractivity contribution is -0.115. The van der Waals surface area contributed by atoms with Crippen LogP contribution in [0.1, 0.15) is 23.0 Å². The Morgan fingerprint density at radius 2 is 1.87 bits per heavy atom. The molecule has 6 nitrogen and oxygen atoms in total. The number of hydrogen-bond donors (Lipinski definition) is 0. The molecule has 162 valence electrons. The molecule has 2 aromatic carbocycles. The van der Waals surface area contributed by atoms with Gasteiger partial charge in [-0.15, -0.1) is 11.3 Å². The lowest BCUT2D eigenvalue weighted by Gasteiger charge is -2.20. The number of thiazole rings is 1. The molecule has 0 aliphatic carbocycles. The van der Waals surface area contributed by atoms with Gasteiger partial charge in [0.1, 0.15) is 12.4 Å². The average molecular weight is 465 g/mol. The molecule has 1 heterocycles. The third kappa shape index (κ3) is 5.80. The summed E-state index contributed by atoms with van der Waals surface area (Å²) < 4.78 is 35.4. The van der Waals surface area contributed by atoms with Gasteiger partial charge in [-0.25, -0.2) is 9.78 Å². The minimum Gasteiger partial charge on any atom is -0.495 e. The zero-order valence-electron chi connectivity index (χ0n) is 16.6. The van der Waals surface area contributed by atoms with Gasteiger partial charge in [0.2, 0.25) is 5.91 Å². The number of para-hydroxylation sites is 2. The van der Waals surface area contributed by atoms with Crippen LogP contribution in [-0.4, -0.2) is 29.7 Å². The molecule has 1 aromatic heterocycles. The third-order valence-electron chi connectivity index (χ3n) is 4.04. The lowest BCUT2D eigenvalue weighted by atomic mass is 10.2. The number of methoxy groups -OCH3 is 1.